The van der Waals surface area contributed by atoms with Crippen molar-refractivity contribution in [3.8, 4) is 0 Å². The number of fused-ring (bicyclic) bond motifs is 1. The van der Waals surface area contributed by atoms with Gasteiger partial charge in [-0.25, -0.2) is 4.79 Å². The Morgan fingerprint density at radius 1 is 0.740 bits per heavy atom. The van der Waals surface area contributed by atoms with Crippen molar-refractivity contribution >= 4 is 82.0 Å². The van der Waals surface area contributed by atoms with Crippen molar-refractivity contribution in [2.45, 2.75) is 126 Å². The van der Waals surface area contributed by atoms with Gasteiger partial charge >= 0.3 is 5.97 Å². The number of nitrogens with two attached hydrogens (primary N) is 2. The molecule has 19 N–H and O–H groups in total. The number of primary amides is 1. The third-order valence-corrected chi connectivity index (χ3v) is 12.4. The average molecular weight is 1070 g/mol. The molecule has 4 rings (SSSR count). The van der Waals surface area contributed by atoms with E-state index < -0.39 is 121 Å². The summed E-state index contributed by atoms with van der Waals surface area (Å²) in [6, 6.07) is 5.46. The summed E-state index contributed by atoms with van der Waals surface area (Å²) >= 11 is 0. The molecule has 1 aliphatic heterocycles. The lowest BCUT2D eigenvalue weighted by Crippen LogP contribution is -2.60. The first-order valence-electron chi connectivity index (χ1n) is 25.3. The Morgan fingerprint density at radius 2 is 1.35 bits per heavy atom. The van der Waals surface area contributed by atoms with Gasteiger partial charge in [0.05, 0.1) is 0 Å². The third kappa shape index (κ3) is 21.2. The summed E-state index contributed by atoms with van der Waals surface area (Å²) in [5, 5.41) is 55.2. The van der Waals surface area contributed by atoms with Gasteiger partial charge < -0.3 is 80.0 Å². The van der Waals surface area contributed by atoms with Gasteiger partial charge in [-0.15, -0.1) is 0 Å². The number of carboxylic acid groups (broad SMARTS) is 1. The monoisotopic (exact) mass is 1070 g/mol. The molecule has 0 spiro atoms. The summed E-state index contributed by atoms with van der Waals surface area (Å²) in [6.07, 6.45) is -0.121. The summed E-state index contributed by atoms with van der Waals surface area (Å²) in [5.74, 6) is -9.28. The van der Waals surface area contributed by atoms with Crippen LogP contribution in [-0.4, -0.2) is 150 Å². The second-order valence-electron chi connectivity index (χ2n) is 18.4. The first-order chi connectivity index (χ1) is 36.7. The quantitative estimate of drug-likeness (QED) is 0.0328. The van der Waals surface area contributed by atoms with Crippen molar-refractivity contribution < 1.29 is 53.1 Å². The number of aliphatic carboxylic acids is 1. The molecule has 1 aliphatic rings. The van der Waals surface area contributed by atoms with Gasteiger partial charge in [0.25, 0.3) is 0 Å². The van der Waals surface area contributed by atoms with Crippen LogP contribution in [0.25, 0.3) is 10.9 Å². The maximum absolute atomic E-state index is 14.7. The fourth-order valence-corrected chi connectivity index (χ4v) is 8.32. The van der Waals surface area contributed by atoms with Crippen LogP contribution in [0.2, 0.25) is 0 Å². The van der Waals surface area contributed by atoms with Crippen molar-refractivity contribution in [2.24, 2.45) is 11.5 Å². The zero-order valence-corrected chi connectivity index (χ0v) is 43.1. The average Bonchev–Trinajstić information content (AvgIpc) is 3.80. The molecule has 0 radical (unpaired) electrons. The van der Waals surface area contributed by atoms with Crippen molar-refractivity contribution in [2.75, 3.05) is 26.7 Å². The summed E-state index contributed by atoms with van der Waals surface area (Å²) in [5.41, 5.74) is 12.7. The number of para-hydroxylation sites is 1. The predicted octanol–water partition coefficient (Wildman–Crippen LogP) is -2.81. The highest BCUT2D eigenvalue weighted by molar-refractivity contribution is 5.98. The van der Waals surface area contributed by atoms with E-state index in [1.165, 1.54) is 14.0 Å². The molecule has 77 heavy (non-hydrogen) atoms. The molecule has 9 amide bonds. The molecule has 1 aromatic heterocycles. The van der Waals surface area contributed by atoms with Crippen LogP contribution in [0.4, 0.5) is 0 Å². The van der Waals surface area contributed by atoms with Crippen LogP contribution in [0, 0.1) is 10.8 Å². The molecule has 3 unspecified atom stereocenters. The molecule has 418 valence electrons. The molecule has 2 aromatic carbocycles. The molecule has 27 heteroatoms. The number of carbonyl (C=O) groups is 10. The largest absolute Gasteiger partial charge is 0.480 e. The van der Waals surface area contributed by atoms with Crippen molar-refractivity contribution in [1.29, 1.82) is 10.8 Å². The van der Waals surface area contributed by atoms with E-state index in [0.29, 0.717) is 11.1 Å². The molecule has 0 bridgehead atoms. The van der Waals surface area contributed by atoms with E-state index in [9.17, 15) is 53.1 Å². The highest BCUT2D eigenvalue weighted by Crippen LogP contribution is 2.20. The Labute approximate surface area is 444 Å². The number of hydrogen-bond donors (Lipinski definition) is 17. The predicted molar refractivity (Wildman–Crippen MR) is 282 cm³/mol. The van der Waals surface area contributed by atoms with Crippen molar-refractivity contribution in [1.82, 2.24) is 63.5 Å². The molecule has 0 saturated carbocycles. The summed E-state index contributed by atoms with van der Waals surface area (Å²) in [7, 11) is 1.53. The van der Waals surface area contributed by atoms with Crippen molar-refractivity contribution in [3.63, 3.8) is 0 Å². The number of nitrogens with one attached hydrogen (secondary N) is 14. The van der Waals surface area contributed by atoms with Crippen LogP contribution in [0.5, 0.6) is 0 Å². The Hall–Kier alpha value is -8.78. The Bertz CT molecular complexity index is 2580. The van der Waals surface area contributed by atoms with Crippen molar-refractivity contribution in [3.05, 3.63) is 71.9 Å². The Kier molecular flexibility index (Phi) is 24.6. The lowest BCUT2D eigenvalue weighted by atomic mass is 10.0. The van der Waals surface area contributed by atoms with Crippen LogP contribution in [0.15, 0.2) is 60.8 Å². The standard InChI is InChI=1S/C50H72N16O11/c1-28(67)60-33(15-8-23-57-49(52)53)42(70)63-36-19-21-41(69)56-22-10-17-37(48(76)77)64-47(75)39(26-30-27-59-32-14-7-6-13-31(30)32)66-43(71)34(16-9-24-58-50(54)55-2)61-46(74)38(25-29-11-4-3-5-12-29)65-45(73)35(62-44(36)72)18-20-40(51)68/h3-7,11-14,27,33-39,59H,8-10,15-26H2,1-2H3,(H2,51,68)(H,56,69)(H,60,67)(H,61,74)(H,62,72)(H,63,70)(H,64,75)(H,65,73)(H,66,71)(H,76,77)(H4,52,53,57)(H3,54,55,58)/t33-,34-,35-,36?,37?,38?,39-/m0/s1. The number of benzene rings is 2. The van der Waals surface area contributed by atoms with Crippen LogP contribution in [0.1, 0.15) is 82.3 Å². The zero-order valence-electron chi connectivity index (χ0n) is 43.1. The number of guanidine groups is 2. The summed E-state index contributed by atoms with van der Waals surface area (Å²) in [6.45, 7) is 1.38. The molecule has 1 saturated heterocycles. The number of H-pyrrole nitrogens is 1. The number of hydrogen-bond acceptors (Lipinski definition) is 12. The summed E-state index contributed by atoms with van der Waals surface area (Å²) < 4.78 is 0. The van der Waals surface area contributed by atoms with Gasteiger partial charge in [0.15, 0.2) is 11.9 Å². The van der Waals surface area contributed by atoms with Gasteiger partial charge in [-0.2, -0.15) is 0 Å². The third-order valence-electron chi connectivity index (χ3n) is 12.4. The smallest absolute Gasteiger partial charge is 0.326 e. The Balaban J connectivity index is 1.78. The second kappa shape index (κ2) is 31.2. The lowest BCUT2D eigenvalue weighted by Gasteiger charge is -2.28. The maximum Gasteiger partial charge on any atom is 0.326 e. The molecule has 27 nitrogen and oxygen atoms in total. The molecular formula is C50H72N16O11. The zero-order chi connectivity index (χ0) is 56.4. The number of carbonyl (C=O) groups excluding carboxylic acids is 9. The van der Waals surface area contributed by atoms with E-state index in [0.717, 1.165) is 10.9 Å². The van der Waals surface area contributed by atoms with Gasteiger partial charge in [0.2, 0.25) is 53.2 Å². The number of amides is 9. The van der Waals surface area contributed by atoms with Gasteiger partial charge in [0, 0.05) is 76.4 Å². The first kappa shape index (κ1) is 60.8. The highest BCUT2D eigenvalue weighted by Gasteiger charge is 2.35. The van der Waals surface area contributed by atoms with Crippen LogP contribution < -0.4 is 70.0 Å². The topological polar surface area (TPSA) is 439 Å². The minimum absolute atomic E-state index is 0.0119. The van der Waals surface area contributed by atoms with E-state index in [4.69, 9.17) is 22.3 Å². The first-order valence-corrected chi connectivity index (χ1v) is 25.3. The van der Waals surface area contributed by atoms with Crippen LogP contribution in [-0.2, 0) is 60.8 Å². The van der Waals surface area contributed by atoms with Gasteiger partial charge in [-0.05, 0) is 68.6 Å². The highest BCUT2D eigenvalue weighted by atomic mass is 16.4. The van der Waals surface area contributed by atoms with E-state index in [-0.39, 0.29) is 89.3 Å². The number of carboxylic acids is 1. The normalized spacial score (nSPS) is 20.8. The molecule has 0 aliphatic carbocycles. The van der Waals surface area contributed by atoms with E-state index in [2.05, 4.69) is 63.5 Å². The van der Waals surface area contributed by atoms with Gasteiger partial charge in [0.1, 0.15) is 42.3 Å². The van der Waals surface area contributed by atoms with Gasteiger partial charge in [-0.3, -0.25) is 54.0 Å². The molecule has 7 atom stereocenters. The number of rotatable bonds is 19. The molecular weight excluding hydrogens is 1000 g/mol. The molecule has 1 fully saturated rings. The fraction of sp³-hybridized carbons (Fsp3) is 0.480. The second-order valence-corrected chi connectivity index (χ2v) is 18.4. The molecule has 2 heterocycles. The SMILES string of the molecule is CNC(=N)NCCC[C@@H]1NC(=O)C(Cc2ccccc2)NC(=O)[C@H](CCC(N)=O)NC(=O)C(NC(=O)[C@H](CCCNC(=N)N)NC(C)=O)CCC(=O)NCCCC(C(=O)O)NC(=O)[C@H](Cc2c[nH]c3ccccc23)NC1=O. The van der Waals surface area contributed by atoms with Crippen LogP contribution >= 0.6 is 0 Å². The number of aromatic nitrogens is 1. The van der Waals surface area contributed by atoms with E-state index in [1.807, 2.05) is 6.07 Å². The van der Waals surface area contributed by atoms with Gasteiger partial charge in [-0.1, -0.05) is 48.5 Å². The fourth-order valence-electron chi connectivity index (χ4n) is 8.32. The van der Waals surface area contributed by atoms with E-state index in [1.54, 1.807) is 54.7 Å². The Morgan fingerprint density at radius 3 is 2.01 bits per heavy atom. The maximum atomic E-state index is 14.7. The molecule has 3 aromatic rings. The summed E-state index contributed by atoms with van der Waals surface area (Å²) in [4.78, 5) is 140. The van der Waals surface area contributed by atoms with Crippen LogP contribution in [0.3, 0.4) is 0 Å². The number of aromatic amines is 1. The minimum atomic E-state index is -1.60. The van der Waals surface area contributed by atoms with E-state index >= 15 is 0 Å². The lowest BCUT2D eigenvalue weighted by molar-refractivity contribution is -0.142. The minimum Gasteiger partial charge on any atom is -0.480 e.